The molecule has 114 valence electrons. The van der Waals surface area contributed by atoms with Crippen LogP contribution in [0.5, 0.6) is 0 Å². The summed E-state index contributed by atoms with van der Waals surface area (Å²) in [4.78, 5) is 30.0. The summed E-state index contributed by atoms with van der Waals surface area (Å²) in [5.41, 5.74) is 0.423. The van der Waals surface area contributed by atoms with Crippen LogP contribution in [0.1, 0.15) is 36.0 Å². The fraction of sp³-hybridized carbons (Fsp3) is 0.533. The molecule has 1 aromatic rings. The summed E-state index contributed by atoms with van der Waals surface area (Å²) in [5.74, 6) is -0.582. The van der Waals surface area contributed by atoms with Crippen LogP contribution in [0.4, 0.5) is 0 Å². The van der Waals surface area contributed by atoms with Gasteiger partial charge in [0.2, 0.25) is 5.91 Å². The maximum absolute atomic E-state index is 12.4. The number of aromatic nitrogens is 1. The summed E-state index contributed by atoms with van der Waals surface area (Å²) in [6.07, 6.45) is 7.22. The van der Waals surface area contributed by atoms with Gasteiger partial charge in [-0.05, 0) is 25.0 Å². The lowest BCUT2D eigenvalue weighted by Gasteiger charge is -2.25. The molecule has 21 heavy (non-hydrogen) atoms. The quantitative estimate of drug-likeness (QED) is 0.850. The number of carbonyl (C=O) groups excluding carboxylic acids is 2. The van der Waals surface area contributed by atoms with Crippen molar-refractivity contribution < 1.29 is 14.7 Å². The van der Waals surface area contributed by atoms with E-state index in [0.29, 0.717) is 18.7 Å². The van der Waals surface area contributed by atoms with Crippen LogP contribution in [0.2, 0.25) is 0 Å². The zero-order valence-corrected chi connectivity index (χ0v) is 12.0. The number of aliphatic hydroxyl groups is 1. The summed E-state index contributed by atoms with van der Waals surface area (Å²) >= 11 is 0. The van der Waals surface area contributed by atoms with Crippen LogP contribution in [0, 0.1) is 0 Å². The van der Waals surface area contributed by atoms with Gasteiger partial charge in [0, 0.05) is 31.0 Å². The van der Waals surface area contributed by atoms with Crippen LogP contribution in [0.25, 0.3) is 0 Å². The van der Waals surface area contributed by atoms with E-state index in [4.69, 9.17) is 0 Å². The van der Waals surface area contributed by atoms with Gasteiger partial charge in [-0.15, -0.1) is 0 Å². The molecule has 2 N–H and O–H groups in total. The zero-order valence-electron chi connectivity index (χ0n) is 12.0. The SMILES string of the molecule is O=C(NC(CO)C(=O)N1CCCCCC1)c1ccncc1. The third-order valence-electron chi connectivity index (χ3n) is 3.65. The van der Waals surface area contributed by atoms with Crippen LogP contribution in [-0.4, -0.2) is 52.5 Å². The highest BCUT2D eigenvalue weighted by Crippen LogP contribution is 2.11. The lowest BCUT2D eigenvalue weighted by Crippen LogP contribution is -2.50. The molecule has 0 saturated carbocycles. The molecule has 0 bridgehead atoms. The van der Waals surface area contributed by atoms with Crippen molar-refractivity contribution in [1.82, 2.24) is 15.2 Å². The Morgan fingerprint density at radius 2 is 1.81 bits per heavy atom. The predicted octanol–water partition coefficient (Wildman–Crippen LogP) is 0.575. The number of nitrogens with one attached hydrogen (secondary N) is 1. The van der Waals surface area contributed by atoms with Crippen molar-refractivity contribution in [3.8, 4) is 0 Å². The van der Waals surface area contributed by atoms with Crippen molar-refractivity contribution in [2.75, 3.05) is 19.7 Å². The molecule has 1 fully saturated rings. The summed E-state index contributed by atoms with van der Waals surface area (Å²) < 4.78 is 0. The van der Waals surface area contributed by atoms with Crippen LogP contribution in [-0.2, 0) is 4.79 Å². The maximum atomic E-state index is 12.4. The zero-order chi connectivity index (χ0) is 15.1. The van der Waals surface area contributed by atoms with Crippen molar-refractivity contribution in [3.63, 3.8) is 0 Å². The largest absolute Gasteiger partial charge is 0.394 e. The monoisotopic (exact) mass is 291 g/mol. The van der Waals surface area contributed by atoms with Gasteiger partial charge < -0.3 is 15.3 Å². The Morgan fingerprint density at radius 1 is 1.19 bits per heavy atom. The number of pyridine rings is 1. The lowest BCUT2D eigenvalue weighted by atomic mass is 10.2. The Morgan fingerprint density at radius 3 is 2.38 bits per heavy atom. The summed E-state index contributed by atoms with van der Waals surface area (Å²) in [6, 6.07) is 2.25. The Hall–Kier alpha value is -1.95. The van der Waals surface area contributed by atoms with Crippen molar-refractivity contribution in [2.24, 2.45) is 0 Å². The molecule has 0 aromatic carbocycles. The maximum Gasteiger partial charge on any atom is 0.252 e. The van der Waals surface area contributed by atoms with E-state index < -0.39 is 12.6 Å². The summed E-state index contributed by atoms with van der Waals surface area (Å²) in [7, 11) is 0. The van der Waals surface area contributed by atoms with Gasteiger partial charge in [-0.1, -0.05) is 12.8 Å². The molecular formula is C15H21N3O3. The highest BCUT2D eigenvalue weighted by Gasteiger charge is 2.26. The molecule has 2 rings (SSSR count). The summed E-state index contributed by atoms with van der Waals surface area (Å²) in [5, 5.41) is 12.0. The van der Waals surface area contributed by atoms with E-state index in [1.165, 1.54) is 12.4 Å². The summed E-state index contributed by atoms with van der Waals surface area (Å²) in [6.45, 7) is 0.993. The first-order valence-corrected chi connectivity index (χ1v) is 7.33. The molecule has 0 aliphatic carbocycles. The van der Waals surface area contributed by atoms with Crippen LogP contribution in [0.15, 0.2) is 24.5 Å². The van der Waals surface area contributed by atoms with Gasteiger partial charge in [-0.25, -0.2) is 0 Å². The predicted molar refractivity (Wildman–Crippen MR) is 77.6 cm³/mol. The number of amides is 2. The van der Waals surface area contributed by atoms with Gasteiger partial charge >= 0.3 is 0 Å². The van der Waals surface area contributed by atoms with Gasteiger partial charge in [0.15, 0.2) is 0 Å². The second-order valence-corrected chi connectivity index (χ2v) is 5.18. The molecule has 1 aliphatic rings. The first kappa shape index (κ1) is 15.4. The molecule has 6 nitrogen and oxygen atoms in total. The van der Waals surface area contributed by atoms with Gasteiger partial charge in [0.05, 0.1) is 6.61 Å². The Kier molecular flexibility index (Phi) is 5.68. The Balaban J connectivity index is 1.98. The average Bonchev–Trinajstić information content (AvgIpc) is 2.81. The molecule has 1 unspecified atom stereocenters. The molecule has 2 heterocycles. The normalized spacial score (nSPS) is 16.9. The minimum absolute atomic E-state index is 0.207. The molecule has 1 atom stereocenters. The smallest absolute Gasteiger partial charge is 0.252 e. The number of aliphatic hydroxyl groups excluding tert-OH is 1. The Labute approximate surface area is 124 Å². The molecule has 0 spiro atoms. The van der Waals surface area contributed by atoms with E-state index in [0.717, 1.165) is 25.7 Å². The number of nitrogens with zero attached hydrogens (tertiary/aromatic N) is 2. The van der Waals surface area contributed by atoms with Gasteiger partial charge in [-0.3, -0.25) is 14.6 Å². The van der Waals surface area contributed by atoms with Crippen molar-refractivity contribution in [3.05, 3.63) is 30.1 Å². The average molecular weight is 291 g/mol. The molecule has 1 aromatic heterocycles. The lowest BCUT2D eigenvalue weighted by molar-refractivity contribution is -0.134. The number of carbonyl (C=O) groups is 2. The standard InChI is InChI=1S/C15H21N3O3/c19-11-13(15(21)18-9-3-1-2-4-10-18)17-14(20)12-5-7-16-8-6-12/h5-8,13,19H,1-4,9-11H2,(H,17,20). The van der Waals surface area contributed by atoms with Crippen LogP contribution in [0.3, 0.4) is 0 Å². The fourth-order valence-corrected chi connectivity index (χ4v) is 2.44. The molecule has 1 aliphatic heterocycles. The highest BCUT2D eigenvalue weighted by molar-refractivity contribution is 5.97. The van der Waals surface area contributed by atoms with Crippen molar-refractivity contribution in [2.45, 2.75) is 31.7 Å². The van der Waals surface area contributed by atoms with Gasteiger partial charge in [-0.2, -0.15) is 0 Å². The van der Waals surface area contributed by atoms with E-state index in [2.05, 4.69) is 10.3 Å². The van der Waals surface area contributed by atoms with E-state index in [1.54, 1.807) is 17.0 Å². The minimum Gasteiger partial charge on any atom is -0.394 e. The second kappa shape index (κ2) is 7.73. The number of hydrogen-bond acceptors (Lipinski definition) is 4. The van der Waals surface area contributed by atoms with Gasteiger partial charge in [0.25, 0.3) is 5.91 Å². The topological polar surface area (TPSA) is 82.5 Å². The minimum atomic E-state index is -0.885. The van der Waals surface area contributed by atoms with E-state index in [1.807, 2.05) is 0 Å². The van der Waals surface area contributed by atoms with Crippen molar-refractivity contribution in [1.29, 1.82) is 0 Å². The molecular weight excluding hydrogens is 270 g/mol. The second-order valence-electron chi connectivity index (χ2n) is 5.18. The van der Waals surface area contributed by atoms with E-state index >= 15 is 0 Å². The van der Waals surface area contributed by atoms with Crippen LogP contribution < -0.4 is 5.32 Å². The number of rotatable bonds is 4. The third kappa shape index (κ3) is 4.26. The highest BCUT2D eigenvalue weighted by atomic mass is 16.3. The number of likely N-dealkylation sites (tertiary alicyclic amines) is 1. The first-order chi connectivity index (χ1) is 10.2. The van der Waals surface area contributed by atoms with Crippen molar-refractivity contribution >= 4 is 11.8 Å². The molecule has 0 radical (unpaired) electrons. The number of hydrogen-bond donors (Lipinski definition) is 2. The third-order valence-corrected chi connectivity index (χ3v) is 3.65. The molecule has 2 amide bonds. The molecule has 1 saturated heterocycles. The Bertz CT molecular complexity index is 470. The fourth-order valence-electron chi connectivity index (χ4n) is 2.44. The van der Waals surface area contributed by atoms with Gasteiger partial charge in [0.1, 0.15) is 6.04 Å². The van der Waals surface area contributed by atoms with E-state index in [-0.39, 0.29) is 11.8 Å². The van der Waals surface area contributed by atoms with Crippen LogP contribution >= 0.6 is 0 Å². The first-order valence-electron chi connectivity index (χ1n) is 7.33. The molecule has 6 heteroatoms. The van der Waals surface area contributed by atoms with E-state index in [9.17, 15) is 14.7 Å².